The van der Waals surface area contributed by atoms with Crippen LogP contribution in [0.25, 0.3) is 0 Å². The molecule has 0 saturated carbocycles. The highest BCUT2D eigenvalue weighted by molar-refractivity contribution is 7.89. The number of nitrogens with one attached hydrogen (secondary N) is 1. The van der Waals surface area contributed by atoms with E-state index in [-0.39, 0.29) is 30.8 Å². The van der Waals surface area contributed by atoms with Gasteiger partial charge in [0.05, 0.1) is 30.4 Å². The number of hydrogen-bond acceptors (Lipinski definition) is 6. The molecule has 13 heteroatoms. The molecule has 3 aromatic carbocycles. The van der Waals surface area contributed by atoms with Crippen LogP contribution in [0, 0.1) is 36.0 Å². The minimum atomic E-state index is -4.04. The van der Waals surface area contributed by atoms with E-state index in [1.807, 2.05) is 6.92 Å². The fraction of sp³-hybridized carbons (Fsp3) is 0.525. The molecule has 0 radical (unpaired) electrons. The fourth-order valence-electron chi connectivity index (χ4n) is 5.48. The molecule has 1 N–H and O–H groups in total. The van der Waals surface area contributed by atoms with Crippen LogP contribution < -0.4 is 19.0 Å². The lowest BCUT2D eigenvalue weighted by molar-refractivity contribution is 0.257. The topological polar surface area (TPSA) is 86.2 Å². The van der Waals surface area contributed by atoms with E-state index in [2.05, 4.69) is 23.8 Å². The van der Waals surface area contributed by atoms with Crippen LogP contribution in [-0.4, -0.2) is 34.0 Å². The summed E-state index contributed by atoms with van der Waals surface area (Å²) in [7, 11) is -4.04. The summed E-state index contributed by atoms with van der Waals surface area (Å²) >= 11 is 0. The molecule has 0 heterocycles. The predicted molar refractivity (Wildman–Crippen MR) is 198 cm³/mol. The van der Waals surface area contributed by atoms with Crippen molar-refractivity contribution >= 4 is 15.7 Å². The molecule has 0 unspecified atom stereocenters. The highest BCUT2D eigenvalue weighted by Crippen LogP contribution is 2.31. The van der Waals surface area contributed by atoms with Crippen LogP contribution in [0.3, 0.4) is 0 Å². The van der Waals surface area contributed by atoms with Gasteiger partial charge in [-0.15, -0.1) is 0 Å². The first-order valence-electron chi connectivity index (χ1n) is 18.7. The van der Waals surface area contributed by atoms with Gasteiger partial charge in [-0.3, -0.25) is 0 Å². The van der Waals surface area contributed by atoms with Gasteiger partial charge in [-0.1, -0.05) is 95.8 Å². The number of benzene rings is 3. The van der Waals surface area contributed by atoms with Gasteiger partial charge in [0.25, 0.3) is 10.0 Å². The fourth-order valence-corrected chi connectivity index (χ4v) is 6.31. The van der Waals surface area contributed by atoms with E-state index in [9.17, 15) is 30.4 Å². The lowest BCUT2D eigenvalue weighted by Gasteiger charge is -2.16. The third-order valence-corrected chi connectivity index (χ3v) is 9.87. The first kappa shape index (κ1) is 43.5. The van der Waals surface area contributed by atoms with Crippen LogP contribution in [0.4, 0.5) is 22.0 Å². The Hall–Kier alpha value is -3.87. The number of ether oxygens (including phenoxy) is 3. The van der Waals surface area contributed by atoms with Crippen LogP contribution in [0.15, 0.2) is 52.5 Å². The zero-order valence-electron chi connectivity index (χ0n) is 31.1. The van der Waals surface area contributed by atoms with Gasteiger partial charge in [-0.25, -0.2) is 13.2 Å². The largest absolute Gasteiger partial charge is 0.490 e. The van der Waals surface area contributed by atoms with Crippen molar-refractivity contribution in [1.82, 2.24) is 4.83 Å². The molecule has 0 spiro atoms. The summed E-state index contributed by atoms with van der Waals surface area (Å²) < 4.78 is 112. The standard InChI is InChI=1S/C40H53F5N2O5S/c1-4-6-8-10-12-15-25-50-33-24-21-30(28-34(33)51-26-16-13-11-9-7-5-2)32(46-47-53(48,49)31-22-19-29(3)20-23-31)18-14-17-27-52-40-38(44)36(42)35(41)37(43)39(40)45/h19-24,28,47H,4-18,25-27H2,1-3H3/b46-32-. The third-order valence-electron chi connectivity index (χ3n) is 8.64. The number of unbranched alkanes of at least 4 members (excludes halogenated alkanes) is 11. The van der Waals surface area contributed by atoms with Gasteiger partial charge in [0, 0.05) is 5.56 Å². The molecule has 0 saturated heterocycles. The maximum absolute atomic E-state index is 14.1. The van der Waals surface area contributed by atoms with Crippen molar-refractivity contribution in [1.29, 1.82) is 0 Å². The molecule has 7 nitrogen and oxygen atoms in total. The van der Waals surface area contributed by atoms with Gasteiger partial charge in [0.2, 0.25) is 29.1 Å². The van der Waals surface area contributed by atoms with E-state index in [0.717, 1.165) is 50.5 Å². The van der Waals surface area contributed by atoms with Gasteiger partial charge in [-0.05, 0) is 69.4 Å². The lowest BCUT2D eigenvalue weighted by atomic mass is 10.0. The maximum Gasteiger partial charge on any atom is 0.276 e. The second-order valence-corrected chi connectivity index (χ2v) is 14.7. The highest BCUT2D eigenvalue weighted by Gasteiger charge is 2.27. The quantitative estimate of drug-likeness (QED) is 0.0219. The van der Waals surface area contributed by atoms with Gasteiger partial charge >= 0.3 is 0 Å². The van der Waals surface area contributed by atoms with Crippen LogP contribution in [0.2, 0.25) is 0 Å². The van der Waals surface area contributed by atoms with E-state index in [1.165, 1.54) is 44.2 Å². The van der Waals surface area contributed by atoms with Crippen LogP contribution >= 0.6 is 0 Å². The summed E-state index contributed by atoms with van der Waals surface area (Å²) in [5, 5.41) is 4.28. The van der Waals surface area contributed by atoms with Crippen molar-refractivity contribution in [3.05, 3.63) is 82.7 Å². The molecule has 0 atom stereocenters. The maximum atomic E-state index is 14.1. The Morgan fingerprint density at radius 2 is 1.09 bits per heavy atom. The summed E-state index contributed by atoms with van der Waals surface area (Å²) in [5.74, 6) is -10.9. The molecule has 0 aliphatic heterocycles. The van der Waals surface area contributed by atoms with Gasteiger partial charge in [0.1, 0.15) is 0 Å². The Kier molecular flexibility index (Phi) is 18.9. The summed E-state index contributed by atoms with van der Waals surface area (Å²) in [6.45, 7) is 6.78. The number of hydrogen-bond donors (Lipinski definition) is 1. The molecule has 294 valence electrons. The minimum Gasteiger partial charge on any atom is -0.490 e. The molecule has 0 aliphatic carbocycles. The molecule has 0 amide bonds. The van der Waals surface area contributed by atoms with Crippen molar-refractivity contribution in [2.75, 3.05) is 19.8 Å². The first-order chi connectivity index (χ1) is 25.5. The summed E-state index contributed by atoms with van der Waals surface area (Å²) in [6.07, 6.45) is 13.7. The van der Waals surface area contributed by atoms with Crippen molar-refractivity contribution in [2.24, 2.45) is 5.10 Å². The molecular weight excluding hydrogens is 716 g/mol. The molecule has 0 aliphatic rings. The van der Waals surface area contributed by atoms with E-state index in [4.69, 9.17) is 14.2 Å². The Morgan fingerprint density at radius 3 is 1.68 bits per heavy atom. The second kappa shape index (κ2) is 23.0. The van der Waals surface area contributed by atoms with Crippen molar-refractivity contribution in [3.8, 4) is 17.2 Å². The minimum absolute atomic E-state index is 0.0174. The first-order valence-corrected chi connectivity index (χ1v) is 20.2. The molecule has 0 fully saturated rings. The number of nitrogens with zero attached hydrogens (tertiary/aromatic N) is 1. The van der Waals surface area contributed by atoms with E-state index < -0.39 is 44.9 Å². The average Bonchev–Trinajstić information content (AvgIpc) is 3.15. The SMILES string of the molecule is CCCCCCCCOc1ccc(/C(CCCCOc2c(F)c(F)c(F)c(F)c2F)=N\NS(=O)(=O)c2ccc(C)cc2)cc1OCCCCCCCC. The van der Waals surface area contributed by atoms with E-state index in [1.54, 1.807) is 30.3 Å². The van der Waals surface area contributed by atoms with Gasteiger partial charge < -0.3 is 14.2 Å². The van der Waals surface area contributed by atoms with Gasteiger partial charge in [-0.2, -0.15) is 27.1 Å². The number of hydrazone groups is 1. The summed E-state index contributed by atoms with van der Waals surface area (Å²) in [4.78, 5) is 2.32. The number of rotatable bonds is 26. The summed E-state index contributed by atoms with van der Waals surface area (Å²) in [5.41, 5.74) is 1.75. The molecule has 3 aromatic rings. The molecule has 3 rings (SSSR count). The zero-order valence-corrected chi connectivity index (χ0v) is 31.9. The van der Waals surface area contributed by atoms with Crippen molar-refractivity contribution < 1.29 is 44.6 Å². The smallest absolute Gasteiger partial charge is 0.276 e. The zero-order chi connectivity index (χ0) is 38.6. The molecule has 53 heavy (non-hydrogen) atoms. The molecule has 0 aromatic heterocycles. The Labute approximate surface area is 311 Å². The molecular formula is C40H53F5N2O5S. The Morgan fingerprint density at radius 1 is 0.604 bits per heavy atom. The Balaban J connectivity index is 1.80. The number of halogens is 5. The third kappa shape index (κ3) is 14.1. The average molecular weight is 769 g/mol. The number of aryl methyl sites for hydroxylation is 1. The monoisotopic (exact) mass is 768 g/mol. The Bertz CT molecular complexity index is 1680. The van der Waals surface area contributed by atoms with Gasteiger partial charge in [0.15, 0.2) is 17.2 Å². The van der Waals surface area contributed by atoms with Crippen LogP contribution in [0.5, 0.6) is 17.2 Å². The van der Waals surface area contributed by atoms with Crippen LogP contribution in [-0.2, 0) is 10.0 Å². The lowest BCUT2D eigenvalue weighted by Crippen LogP contribution is -2.21. The summed E-state index contributed by atoms with van der Waals surface area (Å²) in [6, 6.07) is 11.5. The normalized spacial score (nSPS) is 11.9. The van der Waals surface area contributed by atoms with Crippen LogP contribution in [0.1, 0.15) is 121 Å². The van der Waals surface area contributed by atoms with Crippen molar-refractivity contribution in [2.45, 2.75) is 122 Å². The highest BCUT2D eigenvalue weighted by atomic mass is 32.2. The van der Waals surface area contributed by atoms with Crippen molar-refractivity contribution in [3.63, 3.8) is 0 Å². The predicted octanol–water partition coefficient (Wildman–Crippen LogP) is 11.1. The second-order valence-electron chi connectivity index (χ2n) is 13.1. The van der Waals surface area contributed by atoms with E-state index >= 15 is 0 Å². The molecule has 0 bridgehead atoms. The number of sulfonamides is 1. The van der Waals surface area contributed by atoms with E-state index in [0.29, 0.717) is 36.0 Å².